The van der Waals surface area contributed by atoms with E-state index in [1.54, 1.807) is 6.20 Å². The van der Waals surface area contributed by atoms with E-state index in [0.717, 1.165) is 50.7 Å². The number of carbonyl (C=O) groups is 1. The Kier molecular flexibility index (Phi) is 6.35. The largest absolute Gasteiger partial charge is 0.481 e. The number of alkyl halides is 3. The second kappa shape index (κ2) is 9.44. The molecule has 4 heterocycles. The number of nitrogens with zero attached hydrogens (tertiary/aromatic N) is 4. The summed E-state index contributed by atoms with van der Waals surface area (Å²) in [6, 6.07) is 5.94. The predicted octanol–water partition coefficient (Wildman–Crippen LogP) is 4.67. The molecular formula is C24H26F3N5O3. The van der Waals surface area contributed by atoms with E-state index in [4.69, 9.17) is 9.84 Å². The van der Waals surface area contributed by atoms with Gasteiger partial charge in [0.25, 0.3) is 0 Å². The number of aromatic nitrogens is 4. The molecule has 2 N–H and O–H groups in total. The van der Waals surface area contributed by atoms with Crippen LogP contribution in [0, 0.1) is 5.92 Å². The molecule has 1 saturated heterocycles. The first kappa shape index (κ1) is 23.5. The lowest BCUT2D eigenvalue weighted by molar-refractivity contribution is -0.144. The molecule has 3 aromatic rings. The highest BCUT2D eigenvalue weighted by Crippen LogP contribution is 2.31. The van der Waals surface area contributed by atoms with Crippen LogP contribution in [0.1, 0.15) is 44.2 Å². The van der Waals surface area contributed by atoms with Gasteiger partial charge in [0.15, 0.2) is 5.65 Å². The number of aliphatic carboxylic acids is 1. The number of carboxylic acids is 1. The van der Waals surface area contributed by atoms with E-state index < -0.39 is 17.8 Å². The van der Waals surface area contributed by atoms with Gasteiger partial charge in [-0.1, -0.05) is 0 Å². The summed E-state index contributed by atoms with van der Waals surface area (Å²) >= 11 is 0. The fraction of sp³-hybridized carbons (Fsp3) is 0.500. The lowest BCUT2D eigenvalue weighted by Gasteiger charge is -2.36. The standard InChI is InChI=1S/C24H26F3N5O3/c25-24(26,27)19-7-6-18-22(30-19)31-21(29-18)15-3-8-20(28-13-15)32-11-9-17(10-12-32)35-16-4-1-14(2-5-16)23(33)34/h3,6-8,13-14,16-17H,1-2,4-5,9-12H2,(H,33,34)(H,29,30,31)/t14-,16-. The quantitative estimate of drug-likeness (QED) is 0.537. The van der Waals surface area contributed by atoms with Crippen molar-refractivity contribution in [1.29, 1.82) is 0 Å². The van der Waals surface area contributed by atoms with Crippen molar-refractivity contribution in [2.45, 2.75) is 56.9 Å². The van der Waals surface area contributed by atoms with E-state index in [9.17, 15) is 18.0 Å². The summed E-state index contributed by atoms with van der Waals surface area (Å²) in [7, 11) is 0. The molecule has 1 aliphatic heterocycles. The Morgan fingerprint density at radius 3 is 2.34 bits per heavy atom. The summed E-state index contributed by atoms with van der Waals surface area (Å²) < 4.78 is 45.0. The normalized spacial score (nSPS) is 22.0. The number of rotatable bonds is 5. The first-order valence-electron chi connectivity index (χ1n) is 11.8. The van der Waals surface area contributed by atoms with Gasteiger partial charge in [-0.25, -0.2) is 15.0 Å². The molecule has 35 heavy (non-hydrogen) atoms. The monoisotopic (exact) mass is 489 g/mol. The second-order valence-corrected chi connectivity index (χ2v) is 9.19. The van der Waals surface area contributed by atoms with Crippen molar-refractivity contribution < 1.29 is 27.8 Å². The van der Waals surface area contributed by atoms with E-state index >= 15 is 0 Å². The molecule has 0 amide bonds. The Morgan fingerprint density at radius 2 is 1.71 bits per heavy atom. The van der Waals surface area contributed by atoms with Crippen molar-refractivity contribution in [1.82, 2.24) is 19.9 Å². The maximum absolute atomic E-state index is 12.9. The lowest BCUT2D eigenvalue weighted by Crippen LogP contribution is -2.39. The summed E-state index contributed by atoms with van der Waals surface area (Å²) in [5.74, 6) is 0.292. The first-order chi connectivity index (χ1) is 16.8. The molecule has 0 radical (unpaired) electrons. The average Bonchev–Trinajstić information content (AvgIpc) is 3.28. The van der Waals surface area contributed by atoms with Gasteiger partial charge in [0.1, 0.15) is 22.9 Å². The summed E-state index contributed by atoms with van der Waals surface area (Å²) in [4.78, 5) is 28.7. The zero-order valence-electron chi connectivity index (χ0n) is 19.0. The van der Waals surface area contributed by atoms with E-state index in [-0.39, 0.29) is 23.8 Å². The number of ether oxygens (including phenoxy) is 1. The molecule has 0 aromatic carbocycles. The van der Waals surface area contributed by atoms with Gasteiger partial charge < -0.3 is 19.7 Å². The Bertz CT molecular complexity index is 1180. The van der Waals surface area contributed by atoms with Crippen molar-refractivity contribution in [3.8, 4) is 11.4 Å². The van der Waals surface area contributed by atoms with Gasteiger partial charge >= 0.3 is 12.1 Å². The summed E-state index contributed by atoms with van der Waals surface area (Å²) in [6.07, 6.45) is 2.16. The molecule has 5 rings (SSSR count). The number of fused-ring (bicyclic) bond motifs is 1. The minimum Gasteiger partial charge on any atom is -0.481 e. The first-order valence-corrected chi connectivity index (χ1v) is 11.8. The highest BCUT2D eigenvalue weighted by molar-refractivity contribution is 5.76. The van der Waals surface area contributed by atoms with Crippen LogP contribution in [-0.4, -0.2) is 56.3 Å². The van der Waals surface area contributed by atoms with Gasteiger partial charge in [0.2, 0.25) is 0 Å². The summed E-state index contributed by atoms with van der Waals surface area (Å²) in [5.41, 5.74) is 0.137. The molecule has 2 aliphatic rings. The minimum atomic E-state index is -4.51. The van der Waals surface area contributed by atoms with Crippen molar-refractivity contribution in [2.24, 2.45) is 5.92 Å². The number of piperidine rings is 1. The van der Waals surface area contributed by atoms with E-state index in [1.165, 1.54) is 6.07 Å². The number of nitrogens with one attached hydrogen (secondary N) is 1. The third-order valence-corrected chi connectivity index (χ3v) is 6.83. The van der Waals surface area contributed by atoms with Crippen LogP contribution in [0.5, 0.6) is 0 Å². The van der Waals surface area contributed by atoms with E-state index in [1.807, 2.05) is 12.1 Å². The number of anilines is 1. The van der Waals surface area contributed by atoms with Gasteiger partial charge in [-0.3, -0.25) is 4.79 Å². The van der Waals surface area contributed by atoms with Crippen LogP contribution in [0.15, 0.2) is 30.5 Å². The molecule has 186 valence electrons. The van der Waals surface area contributed by atoms with Crippen molar-refractivity contribution in [2.75, 3.05) is 18.0 Å². The van der Waals surface area contributed by atoms with Gasteiger partial charge in [0, 0.05) is 24.8 Å². The van der Waals surface area contributed by atoms with E-state index in [0.29, 0.717) is 29.7 Å². The topological polar surface area (TPSA) is 104 Å². The lowest BCUT2D eigenvalue weighted by atomic mass is 9.87. The fourth-order valence-electron chi connectivity index (χ4n) is 4.84. The van der Waals surface area contributed by atoms with Gasteiger partial charge in [0.05, 0.1) is 18.1 Å². The molecule has 0 atom stereocenters. The molecule has 0 spiro atoms. The molecule has 1 aliphatic carbocycles. The molecule has 8 nitrogen and oxygen atoms in total. The Morgan fingerprint density at radius 1 is 1.00 bits per heavy atom. The van der Waals surface area contributed by atoms with Crippen LogP contribution in [0.2, 0.25) is 0 Å². The van der Waals surface area contributed by atoms with E-state index in [2.05, 4.69) is 24.8 Å². The van der Waals surface area contributed by atoms with Crippen LogP contribution < -0.4 is 4.90 Å². The molecule has 2 fully saturated rings. The number of H-pyrrole nitrogens is 1. The predicted molar refractivity (Wildman–Crippen MR) is 122 cm³/mol. The third-order valence-electron chi connectivity index (χ3n) is 6.83. The third kappa shape index (κ3) is 5.24. The van der Waals surface area contributed by atoms with Crippen LogP contribution in [0.3, 0.4) is 0 Å². The smallest absolute Gasteiger partial charge is 0.433 e. The number of halogens is 3. The Labute approximate surface area is 199 Å². The van der Waals surface area contributed by atoms with Crippen LogP contribution in [0.25, 0.3) is 22.6 Å². The summed E-state index contributed by atoms with van der Waals surface area (Å²) in [5, 5.41) is 9.14. The number of hydrogen-bond acceptors (Lipinski definition) is 6. The maximum atomic E-state index is 12.9. The molecule has 3 aromatic heterocycles. The molecule has 1 saturated carbocycles. The zero-order valence-corrected chi connectivity index (χ0v) is 19.0. The van der Waals surface area contributed by atoms with Crippen LogP contribution in [-0.2, 0) is 15.7 Å². The van der Waals surface area contributed by atoms with Crippen LogP contribution >= 0.6 is 0 Å². The second-order valence-electron chi connectivity index (χ2n) is 9.19. The number of imidazole rings is 1. The molecule has 0 unspecified atom stereocenters. The van der Waals surface area contributed by atoms with Crippen molar-refractivity contribution in [3.63, 3.8) is 0 Å². The Balaban J connectivity index is 1.17. The Hall–Kier alpha value is -3.21. The zero-order chi connectivity index (χ0) is 24.6. The highest BCUT2D eigenvalue weighted by atomic mass is 19.4. The molecule has 11 heteroatoms. The van der Waals surface area contributed by atoms with Crippen molar-refractivity contribution >= 4 is 23.0 Å². The van der Waals surface area contributed by atoms with Gasteiger partial charge in [-0.05, 0) is 62.8 Å². The maximum Gasteiger partial charge on any atom is 0.433 e. The molecular weight excluding hydrogens is 463 g/mol. The number of carboxylic acid groups (broad SMARTS) is 1. The minimum absolute atomic E-state index is 0.0809. The fourth-order valence-corrected chi connectivity index (χ4v) is 4.84. The van der Waals surface area contributed by atoms with Gasteiger partial charge in [-0.2, -0.15) is 13.2 Å². The number of aromatic amines is 1. The SMILES string of the molecule is O=C(O)[C@H]1CC[C@H](OC2CCN(c3ccc(-c4nc5ccc(C(F)(F)F)nc5[nH]4)cn3)CC2)CC1. The average molecular weight is 489 g/mol. The van der Waals surface area contributed by atoms with Crippen molar-refractivity contribution in [3.05, 3.63) is 36.2 Å². The molecule has 0 bridgehead atoms. The highest BCUT2D eigenvalue weighted by Gasteiger charge is 2.33. The van der Waals surface area contributed by atoms with Crippen LogP contribution in [0.4, 0.5) is 19.0 Å². The number of pyridine rings is 2. The summed E-state index contributed by atoms with van der Waals surface area (Å²) in [6.45, 7) is 1.60. The number of hydrogen-bond donors (Lipinski definition) is 2. The van der Waals surface area contributed by atoms with Gasteiger partial charge in [-0.15, -0.1) is 0 Å².